The number of nitrogens with zero attached hydrogens (tertiary/aromatic N) is 1. The van der Waals surface area contributed by atoms with E-state index in [0.717, 1.165) is 17.7 Å². The predicted octanol–water partition coefficient (Wildman–Crippen LogP) is 2.97. The van der Waals surface area contributed by atoms with Gasteiger partial charge >= 0.3 is 6.09 Å². The molecule has 1 aliphatic rings. The molecule has 5 nitrogen and oxygen atoms in total. The van der Waals surface area contributed by atoms with Gasteiger partial charge in [0, 0.05) is 18.8 Å². The number of nitrogen functional groups attached to an aromatic ring is 1. The summed E-state index contributed by atoms with van der Waals surface area (Å²) >= 11 is 0. The molecule has 5 heteroatoms. The SMILES string of the molecule is CC(C)(C)OC(=O)N1CCCO[C@@H](c2ccc(N)cc2)C1. The first-order chi connectivity index (χ1) is 9.85. The van der Waals surface area contributed by atoms with Gasteiger partial charge in [-0.1, -0.05) is 12.1 Å². The highest BCUT2D eigenvalue weighted by molar-refractivity contribution is 5.68. The number of carbonyl (C=O) groups excluding carboxylic acids is 1. The molecule has 0 bridgehead atoms. The Morgan fingerprint density at radius 2 is 2.00 bits per heavy atom. The van der Waals surface area contributed by atoms with Gasteiger partial charge in [-0.25, -0.2) is 4.79 Å². The van der Waals surface area contributed by atoms with Crippen molar-refractivity contribution in [3.63, 3.8) is 0 Å². The van der Waals surface area contributed by atoms with Gasteiger partial charge in [-0.05, 0) is 44.9 Å². The van der Waals surface area contributed by atoms with E-state index in [-0.39, 0.29) is 12.2 Å². The molecule has 2 N–H and O–H groups in total. The molecule has 1 atom stereocenters. The fraction of sp³-hybridized carbons (Fsp3) is 0.562. The average molecular weight is 292 g/mol. The van der Waals surface area contributed by atoms with Crippen molar-refractivity contribution in [2.75, 3.05) is 25.4 Å². The van der Waals surface area contributed by atoms with Crippen molar-refractivity contribution < 1.29 is 14.3 Å². The molecule has 0 aliphatic carbocycles. The number of anilines is 1. The molecule has 1 saturated heterocycles. The summed E-state index contributed by atoms with van der Waals surface area (Å²) in [6, 6.07) is 7.58. The van der Waals surface area contributed by atoms with Crippen LogP contribution in [0.5, 0.6) is 0 Å². The van der Waals surface area contributed by atoms with E-state index < -0.39 is 5.60 Å². The zero-order valence-corrected chi connectivity index (χ0v) is 13.0. The second-order valence-corrected chi connectivity index (χ2v) is 6.31. The minimum atomic E-state index is -0.485. The quantitative estimate of drug-likeness (QED) is 0.808. The molecule has 0 radical (unpaired) electrons. The van der Waals surface area contributed by atoms with Gasteiger partial charge in [0.2, 0.25) is 0 Å². The molecule has 1 fully saturated rings. The third kappa shape index (κ3) is 4.63. The van der Waals surface area contributed by atoms with Crippen LogP contribution in [0.15, 0.2) is 24.3 Å². The van der Waals surface area contributed by atoms with E-state index in [1.807, 2.05) is 45.0 Å². The van der Waals surface area contributed by atoms with Gasteiger partial charge in [0.15, 0.2) is 0 Å². The van der Waals surface area contributed by atoms with Gasteiger partial charge in [-0.2, -0.15) is 0 Å². The summed E-state index contributed by atoms with van der Waals surface area (Å²) in [5.41, 5.74) is 6.97. The van der Waals surface area contributed by atoms with Crippen LogP contribution in [0.2, 0.25) is 0 Å². The maximum atomic E-state index is 12.2. The Labute approximate surface area is 126 Å². The van der Waals surface area contributed by atoms with Crippen LogP contribution in [0, 0.1) is 0 Å². The van der Waals surface area contributed by atoms with Crippen molar-refractivity contribution in [3.8, 4) is 0 Å². The number of ether oxygens (including phenoxy) is 2. The molecule has 0 aromatic heterocycles. The summed E-state index contributed by atoms with van der Waals surface area (Å²) in [5.74, 6) is 0. The molecule has 2 rings (SSSR count). The molecule has 1 amide bonds. The molecule has 1 aromatic carbocycles. The number of nitrogens with two attached hydrogens (primary N) is 1. The third-order valence-electron chi connectivity index (χ3n) is 3.24. The van der Waals surface area contributed by atoms with Crippen molar-refractivity contribution >= 4 is 11.8 Å². The fourth-order valence-corrected chi connectivity index (χ4v) is 2.23. The van der Waals surface area contributed by atoms with Crippen LogP contribution in [-0.4, -0.2) is 36.3 Å². The highest BCUT2D eigenvalue weighted by Crippen LogP contribution is 2.24. The number of rotatable bonds is 1. The smallest absolute Gasteiger partial charge is 0.410 e. The first-order valence-corrected chi connectivity index (χ1v) is 7.30. The number of benzene rings is 1. The monoisotopic (exact) mass is 292 g/mol. The first-order valence-electron chi connectivity index (χ1n) is 7.30. The average Bonchev–Trinajstić information content (AvgIpc) is 2.63. The summed E-state index contributed by atoms with van der Waals surface area (Å²) in [4.78, 5) is 13.9. The highest BCUT2D eigenvalue weighted by atomic mass is 16.6. The Kier molecular flexibility index (Phi) is 4.73. The van der Waals surface area contributed by atoms with Crippen molar-refractivity contribution in [1.29, 1.82) is 0 Å². The molecular formula is C16H24N2O3. The van der Waals surface area contributed by atoms with E-state index in [0.29, 0.717) is 19.7 Å². The first kappa shape index (κ1) is 15.6. The van der Waals surface area contributed by atoms with Gasteiger partial charge in [0.1, 0.15) is 11.7 Å². The number of hydrogen-bond donors (Lipinski definition) is 1. The van der Waals surface area contributed by atoms with E-state index in [1.54, 1.807) is 4.90 Å². The van der Waals surface area contributed by atoms with Crippen molar-refractivity contribution in [3.05, 3.63) is 29.8 Å². The molecular weight excluding hydrogens is 268 g/mol. The standard InChI is InChI=1S/C16H24N2O3/c1-16(2,3)21-15(19)18-9-4-10-20-14(11-18)12-5-7-13(17)8-6-12/h5-8,14H,4,9-11,17H2,1-3H3/t14-/m1/s1. The van der Waals surface area contributed by atoms with Crippen LogP contribution < -0.4 is 5.73 Å². The van der Waals surface area contributed by atoms with E-state index in [4.69, 9.17) is 15.2 Å². The summed E-state index contributed by atoms with van der Waals surface area (Å²) in [7, 11) is 0. The fourth-order valence-electron chi connectivity index (χ4n) is 2.23. The molecule has 0 unspecified atom stereocenters. The highest BCUT2D eigenvalue weighted by Gasteiger charge is 2.27. The van der Waals surface area contributed by atoms with E-state index in [9.17, 15) is 4.79 Å². The summed E-state index contributed by atoms with van der Waals surface area (Å²) in [6.45, 7) is 7.40. The third-order valence-corrected chi connectivity index (χ3v) is 3.24. The zero-order valence-electron chi connectivity index (χ0n) is 13.0. The summed E-state index contributed by atoms with van der Waals surface area (Å²) in [5, 5.41) is 0. The van der Waals surface area contributed by atoms with Gasteiger partial charge in [-0.3, -0.25) is 0 Å². The van der Waals surface area contributed by atoms with Crippen LogP contribution in [-0.2, 0) is 9.47 Å². The van der Waals surface area contributed by atoms with Crippen LogP contribution in [0.1, 0.15) is 38.9 Å². The predicted molar refractivity (Wildman–Crippen MR) is 82.0 cm³/mol. The minimum absolute atomic E-state index is 0.138. The maximum absolute atomic E-state index is 12.2. The van der Waals surface area contributed by atoms with Crippen LogP contribution >= 0.6 is 0 Å². The molecule has 116 valence electrons. The van der Waals surface area contributed by atoms with E-state index >= 15 is 0 Å². The van der Waals surface area contributed by atoms with Gasteiger partial charge in [0.05, 0.1) is 6.54 Å². The van der Waals surface area contributed by atoms with Crippen LogP contribution in [0.3, 0.4) is 0 Å². The zero-order chi connectivity index (χ0) is 15.5. The molecule has 1 aromatic rings. The lowest BCUT2D eigenvalue weighted by Gasteiger charge is -2.28. The Morgan fingerprint density at radius 3 is 2.62 bits per heavy atom. The molecule has 0 spiro atoms. The van der Waals surface area contributed by atoms with Crippen molar-refractivity contribution in [1.82, 2.24) is 4.90 Å². The lowest BCUT2D eigenvalue weighted by Crippen LogP contribution is -2.38. The Bertz CT molecular complexity index is 479. The van der Waals surface area contributed by atoms with Gasteiger partial charge in [-0.15, -0.1) is 0 Å². The molecule has 1 heterocycles. The maximum Gasteiger partial charge on any atom is 0.410 e. The Morgan fingerprint density at radius 1 is 1.33 bits per heavy atom. The Hall–Kier alpha value is -1.75. The van der Waals surface area contributed by atoms with Gasteiger partial charge in [0.25, 0.3) is 0 Å². The molecule has 21 heavy (non-hydrogen) atoms. The normalized spacial score (nSPS) is 20.0. The van der Waals surface area contributed by atoms with E-state index in [2.05, 4.69) is 0 Å². The number of hydrogen-bond acceptors (Lipinski definition) is 4. The number of carbonyl (C=O) groups is 1. The number of amides is 1. The molecule has 0 saturated carbocycles. The second-order valence-electron chi connectivity index (χ2n) is 6.31. The van der Waals surface area contributed by atoms with Crippen LogP contribution in [0.4, 0.5) is 10.5 Å². The lowest BCUT2D eigenvalue weighted by atomic mass is 10.1. The lowest BCUT2D eigenvalue weighted by molar-refractivity contribution is 0.0140. The minimum Gasteiger partial charge on any atom is -0.444 e. The van der Waals surface area contributed by atoms with Crippen molar-refractivity contribution in [2.24, 2.45) is 0 Å². The van der Waals surface area contributed by atoms with Crippen LogP contribution in [0.25, 0.3) is 0 Å². The molecule has 1 aliphatic heterocycles. The summed E-state index contributed by atoms with van der Waals surface area (Å²) in [6.07, 6.45) is 0.388. The van der Waals surface area contributed by atoms with Gasteiger partial charge < -0.3 is 20.1 Å². The Balaban J connectivity index is 2.07. The largest absolute Gasteiger partial charge is 0.444 e. The topological polar surface area (TPSA) is 64.8 Å². The van der Waals surface area contributed by atoms with E-state index in [1.165, 1.54) is 0 Å². The second kappa shape index (κ2) is 6.35. The summed E-state index contributed by atoms with van der Waals surface area (Å²) < 4.78 is 11.3. The van der Waals surface area contributed by atoms with Crippen molar-refractivity contribution in [2.45, 2.75) is 38.9 Å².